The second kappa shape index (κ2) is 7.66. The van der Waals surface area contributed by atoms with E-state index in [1.54, 1.807) is 49.5 Å². The van der Waals surface area contributed by atoms with Crippen LogP contribution in [0.3, 0.4) is 0 Å². The zero-order chi connectivity index (χ0) is 20.5. The third kappa shape index (κ3) is 3.60. The Morgan fingerprint density at radius 3 is 2.41 bits per heavy atom. The van der Waals surface area contributed by atoms with Crippen molar-refractivity contribution in [1.82, 2.24) is 19.8 Å². The smallest absolute Gasteiger partial charge is 0.253 e. The zero-order valence-corrected chi connectivity index (χ0v) is 16.5. The van der Waals surface area contributed by atoms with Gasteiger partial charge in [-0.2, -0.15) is 0 Å². The van der Waals surface area contributed by atoms with E-state index < -0.39 is 0 Å². The van der Waals surface area contributed by atoms with Crippen LogP contribution < -0.4 is 0 Å². The number of amides is 2. The first kappa shape index (κ1) is 19.1. The highest BCUT2D eigenvalue weighted by molar-refractivity contribution is 5.97. The summed E-state index contributed by atoms with van der Waals surface area (Å²) in [6.07, 6.45) is 4.43. The van der Waals surface area contributed by atoms with Crippen LogP contribution in [0.25, 0.3) is 11.0 Å². The number of likely N-dealkylation sites (tertiary alicyclic amines) is 1. The molecule has 1 aromatic carbocycles. The highest BCUT2D eigenvalue weighted by Gasteiger charge is 2.28. The summed E-state index contributed by atoms with van der Waals surface area (Å²) in [5.41, 5.74) is 2.48. The third-order valence-corrected chi connectivity index (χ3v) is 5.56. The van der Waals surface area contributed by atoms with E-state index >= 15 is 0 Å². The van der Waals surface area contributed by atoms with Gasteiger partial charge in [0.15, 0.2) is 0 Å². The summed E-state index contributed by atoms with van der Waals surface area (Å²) in [4.78, 5) is 35.2. The van der Waals surface area contributed by atoms with E-state index in [1.165, 1.54) is 11.1 Å². The van der Waals surface area contributed by atoms with E-state index in [0.29, 0.717) is 48.3 Å². The molecule has 2 amide bonds. The monoisotopic (exact) mass is 394 g/mol. The van der Waals surface area contributed by atoms with Crippen molar-refractivity contribution in [2.24, 2.45) is 0 Å². The minimum Gasteiger partial charge on any atom is -0.346 e. The van der Waals surface area contributed by atoms with E-state index in [2.05, 4.69) is 9.97 Å². The van der Waals surface area contributed by atoms with E-state index in [4.69, 9.17) is 0 Å². The lowest BCUT2D eigenvalue weighted by atomic mass is 9.87. The number of pyridine rings is 1. The Kier molecular flexibility index (Phi) is 5.05. The number of hydrogen-bond acceptors (Lipinski definition) is 3. The molecule has 4 rings (SSSR count). The molecule has 3 heterocycles. The number of rotatable bonds is 3. The summed E-state index contributed by atoms with van der Waals surface area (Å²) < 4.78 is 14.5. The second-order valence-electron chi connectivity index (χ2n) is 7.60. The Morgan fingerprint density at radius 1 is 1.10 bits per heavy atom. The Labute approximate surface area is 168 Å². The van der Waals surface area contributed by atoms with Gasteiger partial charge >= 0.3 is 0 Å². The average Bonchev–Trinajstić information content (AvgIpc) is 3.21. The first-order valence-electron chi connectivity index (χ1n) is 9.68. The number of nitrogens with one attached hydrogen (secondary N) is 1. The molecule has 29 heavy (non-hydrogen) atoms. The lowest BCUT2D eigenvalue weighted by Gasteiger charge is -2.32. The number of carbonyl (C=O) groups excluding carboxylic acids is 2. The molecule has 0 radical (unpaired) electrons. The molecule has 3 aromatic rings. The van der Waals surface area contributed by atoms with Gasteiger partial charge in [-0.15, -0.1) is 0 Å². The van der Waals surface area contributed by atoms with Crippen LogP contribution in [0.15, 0.2) is 42.7 Å². The molecule has 1 aliphatic heterocycles. The van der Waals surface area contributed by atoms with E-state index in [0.717, 1.165) is 5.39 Å². The standard InChI is InChI=1S/C22H23FN4O2/c1-26(2)21(28)15-3-5-16(6-4-15)22(29)27-11-8-14(9-12-27)19-17-7-10-24-20(17)25-13-18(19)23/h3-7,10,13-14H,8-9,11-12H2,1-2H3,(H,24,25). The number of nitrogens with zero attached hydrogens (tertiary/aromatic N) is 3. The van der Waals surface area contributed by atoms with Crippen molar-refractivity contribution in [2.45, 2.75) is 18.8 Å². The average molecular weight is 394 g/mol. The molecule has 7 heteroatoms. The zero-order valence-electron chi connectivity index (χ0n) is 16.5. The summed E-state index contributed by atoms with van der Waals surface area (Å²) in [6, 6.07) is 8.59. The molecular weight excluding hydrogens is 371 g/mol. The second-order valence-corrected chi connectivity index (χ2v) is 7.60. The van der Waals surface area contributed by atoms with Crippen LogP contribution in [0, 0.1) is 5.82 Å². The van der Waals surface area contributed by atoms with Crippen molar-refractivity contribution < 1.29 is 14.0 Å². The molecule has 6 nitrogen and oxygen atoms in total. The number of halogens is 1. The predicted octanol–water partition coefficient (Wildman–Crippen LogP) is 3.42. The summed E-state index contributed by atoms with van der Waals surface area (Å²) in [5, 5.41) is 0.816. The van der Waals surface area contributed by atoms with Gasteiger partial charge in [0.25, 0.3) is 11.8 Å². The molecule has 0 bridgehead atoms. The van der Waals surface area contributed by atoms with Crippen molar-refractivity contribution in [2.75, 3.05) is 27.2 Å². The Balaban J connectivity index is 1.45. The fraction of sp³-hybridized carbons (Fsp3) is 0.318. The maximum absolute atomic E-state index is 14.5. The number of piperidine rings is 1. The van der Waals surface area contributed by atoms with Gasteiger partial charge < -0.3 is 14.8 Å². The minimum absolute atomic E-state index is 0.0560. The quantitative estimate of drug-likeness (QED) is 0.740. The highest BCUT2D eigenvalue weighted by atomic mass is 19.1. The predicted molar refractivity (Wildman–Crippen MR) is 108 cm³/mol. The van der Waals surface area contributed by atoms with Crippen molar-refractivity contribution in [3.05, 3.63) is 65.2 Å². The molecule has 1 saturated heterocycles. The summed E-state index contributed by atoms with van der Waals surface area (Å²) >= 11 is 0. The Hall–Kier alpha value is -3.22. The van der Waals surface area contributed by atoms with Crippen LogP contribution >= 0.6 is 0 Å². The lowest BCUT2D eigenvalue weighted by Crippen LogP contribution is -2.38. The molecule has 0 unspecified atom stereocenters. The van der Waals surface area contributed by atoms with Gasteiger partial charge in [-0.25, -0.2) is 9.37 Å². The lowest BCUT2D eigenvalue weighted by molar-refractivity contribution is 0.0711. The van der Waals surface area contributed by atoms with Gasteiger partial charge in [-0.05, 0) is 49.1 Å². The largest absolute Gasteiger partial charge is 0.346 e. The molecule has 0 saturated carbocycles. The Bertz CT molecular complexity index is 1050. The Morgan fingerprint density at radius 2 is 1.76 bits per heavy atom. The van der Waals surface area contributed by atoms with Crippen LogP contribution in [-0.4, -0.2) is 58.8 Å². The molecule has 0 aliphatic carbocycles. The van der Waals surface area contributed by atoms with Crippen molar-refractivity contribution >= 4 is 22.8 Å². The van der Waals surface area contributed by atoms with Gasteiger partial charge in [0, 0.05) is 55.5 Å². The molecule has 1 aliphatic rings. The topological polar surface area (TPSA) is 69.3 Å². The van der Waals surface area contributed by atoms with Crippen molar-refractivity contribution in [3.63, 3.8) is 0 Å². The number of H-pyrrole nitrogens is 1. The van der Waals surface area contributed by atoms with E-state index in [1.807, 2.05) is 6.07 Å². The van der Waals surface area contributed by atoms with Gasteiger partial charge in [0.1, 0.15) is 11.5 Å². The number of benzene rings is 1. The first-order chi connectivity index (χ1) is 14.0. The molecule has 1 fully saturated rings. The highest BCUT2D eigenvalue weighted by Crippen LogP contribution is 2.34. The maximum Gasteiger partial charge on any atom is 0.253 e. The number of carbonyl (C=O) groups is 2. The fourth-order valence-corrected chi connectivity index (χ4v) is 3.99. The molecular formula is C22H23FN4O2. The maximum atomic E-state index is 14.5. The van der Waals surface area contributed by atoms with Gasteiger partial charge in [-0.1, -0.05) is 0 Å². The number of hydrogen-bond donors (Lipinski definition) is 1. The van der Waals surface area contributed by atoms with Crippen LogP contribution in [0.5, 0.6) is 0 Å². The van der Waals surface area contributed by atoms with Gasteiger partial charge in [0.2, 0.25) is 0 Å². The molecule has 0 atom stereocenters. The van der Waals surface area contributed by atoms with Crippen LogP contribution in [-0.2, 0) is 0 Å². The minimum atomic E-state index is -0.289. The molecule has 2 aromatic heterocycles. The van der Waals surface area contributed by atoms with Gasteiger partial charge in [0.05, 0.1) is 6.20 Å². The normalized spacial score (nSPS) is 14.9. The molecule has 1 N–H and O–H groups in total. The summed E-state index contributed by atoms with van der Waals surface area (Å²) in [7, 11) is 3.39. The van der Waals surface area contributed by atoms with Gasteiger partial charge in [-0.3, -0.25) is 9.59 Å². The third-order valence-electron chi connectivity index (χ3n) is 5.56. The summed E-state index contributed by atoms with van der Waals surface area (Å²) in [5.74, 6) is -0.391. The number of aromatic amines is 1. The van der Waals surface area contributed by atoms with E-state index in [-0.39, 0.29) is 23.5 Å². The first-order valence-corrected chi connectivity index (χ1v) is 9.68. The molecule has 0 spiro atoms. The van der Waals surface area contributed by atoms with Crippen molar-refractivity contribution in [1.29, 1.82) is 0 Å². The number of aromatic nitrogens is 2. The van der Waals surface area contributed by atoms with E-state index in [9.17, 15) is 14.0 Å². The van der Waals surface area contributed by atoms with Crippen molar-refractivity contribution in [3.8, 4) is 0 Å². The SMILES string of the molecule is CN(C)C(=O)c1ccc(C(=O)N2CCC(c3c(F)cnc4[nH]ccc34)CC2)cc1. The van der Waals surface area contributed by atoms with Crippen LogP contribution in [0.1, 0.15) is 45.0 Å². The fourth-order valence-electron chi connectivity index (χ4n) is 3.99. The summed E-state index contributed by atoms with van der Waals surface area (Å²) in [6.45, 7) is 1.13. The molecule has 150 valence electrons. The van der Waals surface area contributed by atoms with Crippen LogP contribution in [0.4, 0.5) is 4.39 Å². The number of fused-ring (bicyclic) bond motifs is 1. The van der Waals surface area contributed by atoms with Crippen LogP contribution in [0.2, 0.25) is 0 Å².